The first kappa shape index (κ1) is 12.4. The van der Waals surface area contributed by atoms with Crippen LogP contribution in [-0.2, 0) is 9.53 Å². The third-order valence-corrected chi connectivity index (χ3v) is 3.37. The van der Waals surface area contributed by atoms with Gasteiger partial charge in [-0.3, -0.25) is 9.20 Å². The SMILES string of the molecule is COC(=O)CSC(C#N)c1ncc2ccncn12. The maximum atomic E-state index is 11.1. The van der Waals surface area contributed by atoms with Crippen LogP contribution in [0.1, 0.15) is 11.1 Å². The van der Waals surface area contributed by atoms with E-state index in [2.05, 4.69) is 20.8 Å². The summed E-state index contributed by atoms with van der Waals surface area (Å²) in [6, 6.07) is 3.92. The Kier molecular flexibility index (Phi) is 3.79. The highest BCUT2D eigenvalue weighted by atomic mass is 32.2. The number of carbonyl (C=O) groups excluding carboxylic acids is 1. The van der Waals surface area contributed by atoms with E-state index >= 15 is 0 Å². The van der Waals surface area contributed by atoms with Gasteiger partial charge in [0.1, 0.15) is 12.2 Å². The summed E-state index contributed by atoms with van der Waals surface area (Å²) in [5.41, 5.74) is 0.860. The maximum Gasteiger partial charge on any atom is 0.315 e. The molecule has 7 heteroatoms. The summed E-state index contributed by atoms with van der Waals surface area (Å²) < 4.78 is 6.28. The number of imidazole rings is 1. The van der Waals surface area contributed by atoms with Crippen LogP contribution >= 0.6 is 11.8 Å². The lowest BCUT2D eigenvalue weighted by Crippen LogP contribution is -2.07. The molecule has 0 radical (unpaired) electrons. The summed E-state index contributed by atoms with van der Waals surface area (Å²) in [5, 5.41) is 8.61. The summed E-state index contributed by atoms with van der Waals surface area (Å²) in [7, 11) is 1.32. The summed E-state index contributed by atoms with van der Waals surface area (Å²) in [6.45, 7) is 0. The minimum atomic E-state index is -0.532. The van der Waals surface area contributed by atoms with E-state index in [1.165, 1.54) is 18.9 Å². The molecule has 0 bridgehead atoms. The Morgan fingerprint density at radius 3 is 3.28 bits per heavy atom. The Bertz CT molecular complexity index is 604. The Morgan fingerprint density at radius 1 is 1.72 bits per heavy atom. The molecule has 1 atom stereocenters. The van der Waals surface area contributed by atoms with Crippen LogP contribution in [0.3, 0.4) is 0 Å². The van der Waals surface area contributed by atoms with Gasteiger partial charge in [0.15, 0.2) is 5.25 Å². The number of fused-ring (bicyclic) bond motifs is 1. The quantitative estimate of drug-likeness (QED) is 0.770. The van der Waals surface area contributed by atoms with Gasteiger partial charge < -0.3 is 4.74 Å². The molecule has 0 aliphatic carbocycles. The molecule has 0 saturated carbocycles. The molecule has 0 aromatic carbocycles. The summed E-state index contributed by atoms with van der Waals surface area (Å²) in [4.78, 5) is 19.3. The number of hydrogen-bond donors (Lipinski definition) is 0. The van der Waals surface area contributed by atoms with Gasteiger partial charge in [-0.05, 0) is 6.07 Å². The number of thioether (sulfide) groups is 1. The molecule has 6 nitrogen and oxygen atoms in total. The monoisotopic (exact) mass is 262 g/mol. The third kappa shape index (κ3) is 2.43. The van der Waals surface area contributed by atoms with Crippen molar-refractivity contribution < 1.29 is 9.53 Å². The van der Waals surface area contributed by atoms with Gasteiger partial charge in [0.2, 0.25) is 0 Å². The number of methoxy groups -OCH3 is 1. The highest BCUT2D eigenvalue weighted by molar-refractivity contribution is 8.00. The highest BCUT2D eigenvalue weighted by Crippen LogP contribution is 2.27. The fourth-order valence-electron chi connectivity index (χ4n) is 1.44. The second-order valence-corrected chi connectivity index (χ2v) is 4.48. The number of esters is 1. The van der Waals surface area contributed by atoms with Gasteiger partial charge in [-0.25, -0.2) is 9.97 Å². The fraction of sp³-hybridized carbons (Fsp3) is 0.273. The molecule has 0 fully saturated rings. The minimum absolute atomic E-state index is 0.115. The largest absolute Gasteiger partial charge is 0.468 e. The third-order valence-electron chi connectivity index (χ3n) is 2.31. The Labute approximate surface area is 108 Å². The number of carbonyl (C=O) groups is 1. The first-order chi connectivity index (χ1) is 8.76. The van der Waals surface area contributed by atoms with Gasteiger partial charge in [-0.2, -0.15) is 5.26 Å². The molecule has 92 valence electrons. The zero-order valence-corrected chi connectivity index (χ0v) is 10.4. The van der Waals surface area contributed by atoms with Crippen LogP contribution in [0, 0.1) is 11.3 Å². The number of rotatable bonds is 4. The Hall–Kier alpha value is -2.07. The molecule has 0 spiro atoms. The van der Waals surface area contributed by atoms with E-state index < -0.39 is 5.25 Å². The Morgan fingerprint density at radius 2 is 2.56 bits per heavy atom. The van der Waals surface area contributed by atoms with E-state index in [4.69, 9.17) is 5.26 Å². The first-order valence-electron chi connectivity index (χ1n) is 5.11. The molecular formula is C11H10N4O2S. The predicted molar refractivity (Wildman–Crippen MR) is 65.8 cm³/mol. The van der Waals surface area contributed by atoms with Crippen molar-refractivity contribution in [1.82, 2.24) is 14.4 Å². The zero-order chi connectivity index (χ0) is 13.0. The van der Waals surface area contributed by atoms with E-state index in [1.54, 1.807) is 29.2 Å². The van der Waals surface area contributed by atoms with Crippen molar-refractivity contribution in [2.75, 3.05) is 12.9 Å². The zero-order valence-electron chi connectivity index (χ0n) is 9.61. The second-order valence-electron chi connectivity index (χ2n) is 3.39. The van der Waals surface area contributed by atoms with Crippen LogP contribution in [0.5, 0.6) is 0 Å². The average molecular weight is 262 g/mol. The molecule has 2 rings (SSSR count). The summed E-state index contributed by atoms with van der Waals surface area (Å²) in [6.07, 6.45) is 4.92. The average Bonchev–Trinajstić information content (AvgIpc) is 2.83. The van der Waals surface area contributed by atoms with Gasteiger partial charge in [-0.1, -0.05) is 0 Å². The fourth-order valence-corrected chi connectivity index (χ4v) is 2.26. The molecule has 0 N–H and O–H groups in total. The van der Waals surface area contributed by atoms with Crippen LogP contribution in [-0.4, -0.2) is 33.2 Å². The smallest absolute Gasteiger partial charge is 0.315 e. The molecule has 0 aliphatic rings. The molecule has 2 heterocycles. The summed E-state index contributed by atoms with van der Waals surface area (Å²) in [5.74, 6) is 0.318. The maximum absolute atomic E-state index is 11.1. The molecule has 0 amide bonds. The van der Waals surface area contributed by atoms with Crippen molar-refractivity contribution in [3.8, 4) is 6.07 Å². The number of hydrogen-bond acceptors (Lipinski definition) is 6. The van der Waals surface area contributed by atoms with Gasteiger partial charge in [0.05, 0.1) is 30.6 Å². The van der Waals surface area contributed by atoms with Crippen molar-refractivity contribution in [1.29, 1.82) is 5.26 Å². The van der Waals surface area contributed by atoms with Crippen LogP contribution in [0.4, 0.5) is 0 Å². The minimum Gasteiger partial charge on any atom is -0.468 e. The lowest BCUT2D eigenvalue weighted by molar-refractivity contribution is -0.137. The van der Waals surface area contributed by atoms with Crippen LogP contribution in [0.2, 0.25) is 0 Å². The molecule has 0 aliphatic heterocycles. The van der Waals surface area contributed by atoms with E-state index in [0.29, 0.717) is 5.82 Å². The van der Waals surface area contributed by atoms with Crippen molar-refractivity contribution in [3.63, 3.8) is 0 Å². The molecular weight excluding hydrogens is 252 g/mol. The number of aromatic nitrogens is 3. The number of nitrogens with zero attached hydrogens (tertiary/aromatic N) is 4. The van der Waals surface area contributed by atoms with E-state index in [-0.39, 0.29) is 11.7 Å². The van der Waals surface area contributed by atoms with E-state index in [0.717, 1.165) is 5.52 Å². The predicted octanol–water partition coefficient (Wildman–Crippen LogP) is 1.20. The van der Waals surface area contributed by atoms with Crippen molar-refractivity contribution >= 4 is 23.2 Å². The normalized spacial score (nSPS) is 12.0. The van der Waals surface area contributed by atoms with E-state index in [9.17, 15) is 4.79 Å². The number of nitriles is 1. The van der Waals surface area contributed by atoms with Gasteiger partial charge in [-0.15, -0.1) is 11.8 Å². The molecule has 18 heavy (non-hydrogen) atoms. The Balaban J connectivity index is 2.23. The van der Waals surface area contributed by atoms with Gasteiger partial charge in [0.25, 0.3) is 0 Å². The lowest BCUT2D eigenvalue weighted by Gasteiger charge is -2.06. The molecule has 0 saturated heterocycles. The standard InChI is InChI=1S/C11H10N4O2S/c1-17-10(16)6-18-9(4-12)11-14-5-8-2-3-13-7-15(8)11/h2-3,5,7,9H,6H2,1H3. The van der Waals surface area contributed by atoms with Gasteiger partial charge in [0, 0.05) is 6.20 Å². The first-order valence-corrected chi connectivity index (χ1v) is 6.16. The van der Waals surface area contributed by atoms with Crippen molar-refractivity contribution in [3.05, 3.63) is 30.6 Å². The summed E-state index contributed by atoms with van der Waals surface area (Å²) >= 11 is 1.18. The van der Waals surface area contributed by atoms with E-state index in [1.807, 2.05) is 0 Å². The lowest BCUT2D eigenvalue weighted by atomic mass is 10.4. The van der Waals surface area contributed by atoms with Crippen LogP contribution in [0.15, 0.2) is 24.8 Å². The number of ether oxygens (including phenoxy) is 1. The van der Waals surface area contributed by atoms with Crippen molar-refractivity contribution in [2.24, 2.45) is 0 Å². The van der Waals surface area contributed by atoms with Crippen LogP contribution in [0.25, 0.3) is 5.52 Å². The molecule has 2 aromatic rings. The molecule has 1 unspecified atom stereocenters. The second kappa shape index (κ2) is 5.51. The van der Waals surface area contributed by atoms with Crippen molar-refractivity contribution in [2.45, 2.75) is 5.25 Å². The van der Waals surface area contributed by atoms with Crippen LogP contribution < -0.4 is 0 Å². The molecule has 2 aromatic heterocycles. The highest BCUT2D eigenvalue weighted by Gasteiger charge is 2.18. The topological polar surface area (TPSA) is 80.3 Å². The van der Waals surface area contributed by atoms with Gasteiger partial charge >= 0.3 is 5.97 Å².